The minimum absolute atomic E-state index is 0.156. The molecule has 6 nitrogen and oxygen atoms in total. The van der Waals surface area contributed by atoms with Crippen molar-refractivity contribution in [1.82, 2.24) is 10.2 Å². The molecule has 2 aliphatic heterocycles. The molecule has 2 heterocycles. The van der Waals surface area contributed by atoms with Crippen molar-refractivity contribution < 1.29 is 19.5 Å². The number of rotatable bonds is 4. The Morgan fingerprint density at radius 3 is 2.70 bits per heavy atom. The number of amides is 2. The minimum Gasteiger partial charge on any atom is -0.480 e. The van der Waals surface area contributed by atoms with Crippen LogP contribution in [0.1, 0.15) is 35.1 Å². The van der Waals surface area contributed by atoms with Crippen LogP contribution >= 0.6 is 11.8 Å². The van der Waals surface area contributed by atoms with Gasteiger partial charge >= 0.3 is 5.97 Å². The third-order valence-corrected chi connectivity index (χ3v) is 5.53. The van der Waals surface area contributed by atoms with E-state index >= 15 is 0 Å². The molecule has 0 bridgehead atoms. The molecule has 0 spiro atoms. The van der Waals surface area contributed by atoms with Crippen LogP contribution in [0.25, 0.3) is 0 Å². The SMILES string of the molecule is CC(C)[C@@H](NC(=O)[C@@H]1CS[C@H]2c3ccccc3C(=O)N12)C(=O)O. The average molecular weight is 334 g/mol. The highest BCUT2D eigenvalue weighted by Gasteiger charge is 2.48. The highest BCUT2D eigenvalue weighted by molar-refractivity contribution is 7.99. The third kappa shape index (κ3) is 2.59. The van der Waals surface area contributed by atoms with Crippen LogP contribution in [0.5, 0.6) is 0 Å². The fraction of sp³-hybridized carbons (Fsp3) is 0.438. The second-order valence-electron chi connectivity index (χ2n) is 6.07. The first-order valence-electron chi connectivity index (χ1n) is 7.48. The van der Waals surface area contributed by atoms with Crippen molar-refractivity contribution in [3.05, 3.63) is 35.4 Å². The number of carbonyl (C=O) groups excluding carboxylic acids is 2. The molecule has 0 radical (unpaired) electrons. The molecule has 23 heavy (non-hydrogen) atoms. The summed E-state index contributed by atoms with van der Waals surface area (Å²) in [6.07, 6.45) is 0. The number of carbonyl (C=O) groups is 3. The van der Waals surface area contributed by atoms with E-state index in [1.165, 1.54) is 11.8 Å². The smallest absolute Gasteiger partial charge is 0.326 e. The summed E-state index contributed by atoms with van der Waals surface area (Å²) in [5.41, 5.74) is 1.55. The van der Waals surface area contributed by atoms with Gasteiger partial charge in [0.1, 0.15) is 17.5 Å². The van der Waals surface area contributed by atoms with Crippen LogP contribution in [0.4, 0.5) is 0 Å². The summed E-state index contributed by atoms with van der Waals surface area (Å²) in [6, 6.07) is 5.76. The van der Waals surface area contributed by atoms with Gasteiger partial charge in [0.25, 0.3) is 5.91 Å². The number of carboxylic acids is 1. The number of thioether (sulfide) groups is 1. The number of fused-ring (bicyclic) bond motifs is 3. The standard InChI is InChI=1S/C16H18N2O4S/c1-8(2)12(16(21)22)17-13(19)11-7-23-15-10-6-4-3-5-9(10)14(20)18(11)15/h3-6,8,11-12,15H,7H2,1-2H3,(H,17,19)(H,21,22)/t11-,12+,15-/m0/s1. The maximum absolute atomic E-state index is 12.6. The average Bonchev–Trinajstić information content (AvgIpc) is 3.05. The number of nitrogens with one attached hydrogen (secondary N) is 1. The minimum atomic E-state index is -1.06. The number of carboxylic acid groups (broad SMARTS) is 1. The first-order chi connectivity index (χ1) is 10.9. The predicted molar refractivity (Wildman–Crippen MR) is 86.0 cm³/mol. The normalized spacial score (nSPS) is 23.6. The van der Waals surface area contributed by atoms with Gasteiger partial charge in [0.05, 0.1) is 0 Å². The molecular weight excluding hydrogens is 316 g/mol. The maximum atomic E-state index is 12.6. The summed E-state index contributed by atoms with van der Waals surface area (Å²) >= 11 is 1.54. The first kappa shape index (κ1) is 15.9. The molecule has 7 heteroatoms. The zero-order valence-electron chi connectivity index (χ0n) is 12.9. The van der Waals surface area contributed by atoms with Gasteiger partial charge < -0.3 is 15.3 Å². The van der Waals surface area contributed by atoms with Gasteiger partial charge in [0.15, 0.2) is 0 Å². The molecule has 0 aromatic heterocycles. The molecule has 0 aliphatic carbocycles. The van der Waals surface area contributed by atoms with E-state index in [0.717, 1.165) is 5.56 Å². The Labute approximate surface area is 138 Å². The van der Waals surface area contributed by atoms with Gasteiger partial charge in [0.2, 0.25) is 5.91 Å². The van der Waals surface area contributed by atoms with Gasteiger partial charge in [-0.1, -0.05) is 32.0 Å². The Morgan fingerprint density at radius 2 is 2.04 bits per heavy atom. The molecule has 2 N–H and O–H groups in total. The van der Waals surface area contributed by atoms with Crippen LogP contribution in [-0.4, -0.2) is 45.6 Å². The Hall–Kier alpha value is -2.02. The zero-order chi connectivity index (χ0) is 16.7. The number of hydrogen-bond acceptors (Lipinski definition) is 4. The Morgan fingerprint density at radius 1 is 1.35 bits per heavy atom. The van der Waals surface area contributed by atoms with Crippen molar-refractivity contribution in [3.63, 3.8) is 0 Å². The lowest BCUT2D eigenvalue weighted by Crippen LogP contribution is -2.52. The van der Waals surface area contributed by atoms with Gasteiger partial charge in [-0.15, -0.1) is 11.8 Å². The van der Waals surface area contributed by atoms with Gasteiger partial charge in [0, 0.05) is 11.3 Å². The monoisotopic (exact) mass is 334 g/mol. The van der Waals surface area contributed by atoms with E-state index in [1.54, 1.807) is 30.9 Å². The summed E-state index contributed by atoms with van der Waals surface area (Å²) in [4.78, 5) is 37.9. The molecule has 1 aromatic rings. The van der Waals surface area contributed by atoms with E-state index in [2.05, 4.69) is 5.32 Å². The Kier molecular flexibility index (Phi) is 4.06. The molecule has 3 rings (SSSR count). The highest BCUT2D eigenvalue weighted by Crippen LogP contribution is 2.48. The van der Waals surface area contributed by atoms with Crippen molar-refractivity contribution in [2.75, 3.05) is 5.75 Å². The quantitative estimate of drug-likeness (QED) is 0.871. The van der Waals surface area contributed by atoms with E-state index in [4.69, 9.17) is 0 Å². The number of benzene rings is 1. The molecule has 122 valence electrons. The summed E-state index contributed by atoms with van der Waals surface area (Å²) in [5, 5.41) is 11.6. The van der Waals surface area contributed by atoms with Crippen LogP contribution in [0.3, 0.4) is 0 Å². The van der Waals surface area contributed by atoms with Crippen LogP contribution in [0, 0.1) is 5.92 Å². The Bertz CT molecular complexity index is 676. The number of hydrogen-bond donors (Lipinski definition) is 2. The fourth-order valence-corrected chi connectivity index (χ4v) is 4.47. The van der Waals surface area contributed by atoms with Gasteiger partial charge in [-0.3, -0.25) is 9.59 Å². The van der Waals surface area contributed by atoms with Crippen LogP contribution in [0.2, 0.25) is 0 Å². The molecule has 2 aliphatic rings. The molecule has 0 unspecified atom stereocenters. The van der Waals surface area contributed by atoms with Gasteiger partial charge in [-0.05, 0) is 17.5 Å². The lowest BCUT2D eigenvalue weighted by molar-refractivity contribution is -0.143. The largest absolute Gasteiger partial charge is 0.480 e. The third-order valence-electron chi connectivity index (χ3n) is 4.23. The second-order valence-corrected chi connectivity index (χ2v) is 7.18. The van der Waals surface area contributed by atoms with Crippen molar-refractivity contribution in [2.45, 2.75) is 31.3 Å². The Balaban J connectivity index is 1.80. The fourth-order valence-electron chi connectivity index (χ4n) is 3.01. The molecule has 2 amide bonds. The zero-order valence-corrected chi connectivity index (χ0v) is 13.7. The summed E-state index contributed by atoms with van der Waals surface area (Å²) < 4.78 is 0. The topological polar surface area (TPSA) is 86.7 Å². The van der Waals surface area contributed by atoms with E-state index in [9.17, 15) is 19.5 Å². The molecule has 1 aromatic carbocycles. The molecule has 1 saturated heterocycles. The van der Waals surface area contributed by atoms with Gasteiger partial charge in [-0.25, -0.2) is 4.79 Å². The number of aliphatic carboxylic acids is 1. The van der Waals surface area contributed by atoms with E-state index in [1.807, 2.05) is 12.1 Å². The molecular formula is C16H18N2O4S. The molecule has 1 fully saturated rings. The van der Waals surface area contributed by atoms with Crippen molar-refractivity contribution in [3.8, 4) is 0 Å². The van der Waals surface area contributed by atoms with Crippen molar-refractivity contribution >= 4 is 29.5 Å². The predicted octanol–water partition coefficient (Wildman–Crippen LogP) is 1.48. The van der Waals surface area contributed by atoms with Crippen LogP contribution in [-0.2, 0) is 9.59 Å². The van der Waals surface area contributed by atoms with E-state index in [-0.39, 0.29) is 17.2 Å². The molecule has 0 saturated carbocycles. The second kappa shape index (κ2) is 5.88. The summed E-state index contributed by atoms with van der Waals surface area (Å²) in [5.74, 6) is -1.38. The van der Waals surface area contributed by atoms with E-state index in [0.29, 0.717) is 11.3 Å². The lowest BCUT2D eigenvalue weighted by Gasteiger charge is -2.25. The molecule has 3 atom stereocenters. The summed E-state index contributed by atoms with van der Waals surface area (Å²) in [7, 11) is 0. The van der Waals surface area contributed by atoms with Crippen LogP contribution in [0.15, 0.2) is 24.3 Å². The lowest BCUT2D eigenvalue weighted by atomic mass is 10.0. The van der Waals surface area contributed by atoms with Crippen molar-refractivity contribution in [2.24, 2.45) is 5.92 Å². The first-order valence-corrected chi connectivity index (χ1v) is 8.53. The van der Waals surface area contributed by atoms with Gasteiger partial charge in [-0.2, -0.15) is 0 Å². The highest BCUT2D eigenvalue weighted by atomic mass is 32.2. The van der Waals surface area contributed by atoms with Crippen LogP contribution < -0.4 is 5.32 Å². The number of nitrogens with zero attached hydrogens (tertiary/aromatic N) is 1. The maximum Gasteiger partial charge on any atom is 0.326 e. The summed E-state index contributed by atoms with van der Waals surface area (Å²) in [6.45, 7) is 3.48. The van der Waals surface area contributed by atoms with E-state index < -0.39 is 24.0 Å². The van der Waals surface area contributed by atoms with Crippen molar-refractivity contribution in [1.29, 1.82) is 0 Å².